The Hall–Kier alpha value is -3.15. The van der Waals surface area contributed by atoms with Crippen molar-refractivity contribution in [3.8, 4) is 0 Å². The zero-order valence-electron chi connectivity index (χ0n) is 12.3. The monoisotopic (exact) mass is 308 g/mol. The lowest BCUT2D eigenvalue weighted by Gasteiger charge is -2.18. The Labute approximate surface area is 132 Å². The van der Waals surface area contributed by atoms with Gasteiger partial charge in [0, 0.05) is 31.1 Å². The SMILES string of the molecule is O=C(N[C@@H](Cc1ncc[nH]1)c1ccccc1)c1ccc(=O)[nH]c1. The minimum atomic E-state index is -0.248. The molecule has 23 heavy (non-hydrogen) atoms. The van der Waals surface area contributed by atoms with Gasteiger partial charge in [-0.25, -0.2) is 4.98 Å². The van der Waals surface area contributed by atoms with Crippen LogP contribution in [0.3, 0.4) is 0 Å². The number of nitrogens with one attached hydrogen (secondary N) is 3. The van der Waals surface area contributed by atoms with E-state index < -0.39 is 0 Å². The molecular weight excluding hydrogens is 292 g/mol. The summed E-state index contributed by atoms with van der Waals surface area (Å²) in [4.78, 5) is 33.3. The number of pyridine rings is 1. The Bertz CT molecular complexity index is 805. The third kappa shape index (κ3) is 3.74. The van der Waals surface area contributed by atoms with E-state index in [2.05, 4.69) is 20.3 Å². The lowest BCUT2D eigenvalue weighted by atomic mass is 10.0. The summed E-state index contributed by atoms with van der Waals surface area (Å²) in [5.74, 6) is 0.544. The molecule has 2 aromatic heterocycles. The zero-order valence-corrected chi connectivity index (χ0v) is 12.3. The zero-order chi connectivity index (χ0) is 16.1. The average Bonchev–Trinajstić information content (AvgIpc) is 3.09. The number of hydrogen-bond acceptors (Lipinski definition) is 3. The standard InChI is InChI=1S/C17H16N4O2/c22-16-7-6-13(11-20-16)17(23)21-14(10-15-18-8-9-19-15)12-4-2-1-3-5-12/h1-9,11,14H,10H2,(H,18,19)(H,20,22)(H,21,23)/t14-/m0/s1. The van der Waals surface area contributed by atoms with E-state index in [-0.39, 0.29) is 17.5 Å². The molecular formula is C17H16N4O2. The second-order valence-corrected chi connectivity index (χ2v) is 5.12. The number of rotatable bonds is 5. The molecule has 0 spiro atoms. The molecule has 0 aliphatic rings. The summed E-state index contributed by atoms with van der Waals surface area (Å²) in [5, 5.41) is 2.99. The topological polar surface area (TPSA) is 90.6 Å². The Kier molecular flexibility index (Phi) is 4.33. The first-order valence-electron chi connectivity index (χ1n) is 7.25. The lowest BCUT2D eigenvalue weighted by molar-refractivity contribution is 0.0936. The summed E-state index contributed by atoms with van der Waals surface area (Å²) >= 11 is 0. The van der Waals surface area contributed by atoms with E-state index in [1.54, 1.807) is 12.4 Å². The molecule has 0 radical (unpaired) electrons. The lowest BCUT2D eigenvalue weighted by Crippen LogP contribution is -2.30. The van der Waals surface area contributed by atoms with Crippen LogP contribution in [0.5, 0.6) is 0 Å². The number of amides is 1. The van der Waals surface area contributed by atoms with Crippen molar-refractivity contribution in [2.24, 2.45) is 0 Å². The van der Waals surface area contributed by atoms with Gasteiger partial charge in [-0.3, -0.25) is 9.59 Å². The van der Waals surface area contributed by atoms with Gasteiger partial charge in [0.05, 0.1) is 11.6 Å². The van der Waals surface area contributed by atoms with Crippen molar-refractivity contribution in [2.45, 2.75) is 12.5 Å². The molecule has 1 amide bonds. The van der Waals surface area contributed by atoms with Crippen molar-refractivity contribution < 1.29 is 4.79 Å². The van der Waals surface area contributed by atoms with Crippen LogP contribution in [0.15, 0.2) is 65.8 Å². The van der Waals surface area contributed by atoms with Gasteiger partial charge in [0.1, 0.15) is 5.82 Å². The molecule has 2 heterocycles. The van der Waals surface area contributed by atoms with Gasteiger partial charge in [-0.1, -0.05) is 30.3 Å². The van der Waals surface area contributed by atoms with E-state index in [4.69, 9.17) is 0 Å². The van der Waals surface area contributed by atoms with Gasteiger partial charge in [-0.2, -0.15) is 0 Å². The maximum absolute atomic E-state index is 12.4. The highest BCUT2D eigenvalue weighted by Crippen LogP contribution is 2.17. The van der Waals surface area contributed by atoms with Gasteiger partial charge < -0.3 is 15.3 Å². The molecule has 1 atom stereocenters. The quantitative estimate of drug-likeness (QED) is 0.671. The summed E-state index contributed by atoms with van der Waals surface area (Å²) in [7, 11) is 0. The molecule has 0 saturated heterocycles. The van der Waals surface area contributed by atoms with Crippen molar-refractivity contribution in [1.29, 1.82) is 0 Å². The van der Waals surface area contributed by atoms with Gasteiger partial charge in [0.2, 0.25) is 5.56 Å². The molecule has 6 heteroatoms. The van der Waals surface area contributed by atoms with E-state index in [0.29, 0.717) is 12.0 Å². The Balaban J connectivity index is 1.82. The van der Waals surface area contributed by atoms with Crippen LogP contribution in [-0.2, 0) is 6.42 Å². The molecule has 3 aromatic rings. The van der Waals surface area contributed by atoms with E-state index >= 15 is 0 Å². The molecule has 0 unspecified atom stereocenters. The fourth-order valence-corrected chi connectivity index (χ4v) is 2.33. The van der Waals surface area contributed by atoms with Gasteiger partial charge in [0.25, 0.3) is 5.91 Å². The largest absolute Gasteiger partial charge is 0.349 e. The predicted molar refractivity (Wildman–Crippen MR) is 86.0 cm³/mol. The average molecular weight is 308 g/mol. The van der Waals surface area contributed by atoms with Crippen LogP contribution >= 0.6 is 0 Å². The summed E-state index contributed by atoms with van der Waals surface area (Å²) in [6.07, 6.45) is 5.39. The van der Waals surface area contributed by atoms with Crippen molar-refractivity contribution >= 4 is 5.91 Å². The second kappa shape index (κ2) is 6.74. The van der Waals surface area contributed by atoms with Crippen LogP contribution in [0.2, 0.25) is 0 Å². The summed E-state index contributed by atoms with van der Waals surface area (Å²) in [5.41, 5.74) is 1.16. The second-order valence-electron chi connectivity index (χ2n) is 5.12. The Morgan fingerprint density at radius 3 is 2.61 bits per heavy atom. The fraction of sp³-hybridized carbons (Fsp3) is 0.118. The molecule has 0 aliphatic carbocycles. The molecule has 0 fully saturated rings. The number of H-pyrrole nitrogens is 2. The first-order valence-corrected chi connectivity index (χ1v) is 7.25. The van der Waals surface area contributed by atoms with Gasteiger partial charge >= 0.3 is 0 Å². The van der Waals surface area contributed by atoms with Gasteiger partial charge in [-0.15, -0.1) is 0 Å². The highest BCUT2D eigenvalue weighted by molar-refractivity contribution is 5.94. The Morgan fingerprint density at radius 1 is 1.13 bits per heavy atom. The van der Waals surface area contributed by atoms with Crippen LogP contribution in [0.4, 0.5) is 0 Å². The molecule has 6 nitrogen and oxygen atoms in total. The van der Waals surface area contributed by atoms with Gasteiger partial charge in [0.15, 0.2) is 0 Å². The van der Waals surface area contributed by atoms with Crippen molar-refractivity contribution in [3.63, 3.8) is 0 Å². The number of hydrogen-bond donors (Lipinski definition) is 3. The van der Waals surface area contributed by atoms with E-state index in [1.807, 2.05) is 30.3 Å². The summed E-state index contributed by atoms with van der Waals surface area (Å²) < 4.78 is 0. The highest BCUT2D eigenvalue weighted by Gasteiger charge is 2.17. The molecule has 0 aliphatic heterocycles. The maximum Gasteiger partial charge on any atom is 0.253 e. The first-order chi connectivity index (χ1) is 11.2. The van der Waals surface area contributed by atoms with Crippen molar-refractivity contribution in [2.75, 3.05) is 0 Å². The van der Waals surface area contributed by atoms with Crippen LogP contribution < -0.4 is 10.9 Å². The summed E-state index contributed by atoms with van der Waals surface area (Å²) in [6.45, 7) is 0. The number of benzene rings is 1. The molecule has 116 valence electrons. The highest BCUT2D eigenvalue weighted by atomic mass is 16.2. The van der Waals surface area contributed by atoms with Crippen LogP contribution in [-0.4, -0.2) is 20.9 Å². The Morgan fingerprint density at radius 2 is 1.96 bits per heavy atom. The molecule has 3 N–H and O–H groups in total. The minimum absolute atomic E-state index is 0.221. The molecule has 3 rings (SSSR count). The van der Waals surface area contributed by atoms with Crippen molar-refractivity contribution in [1.82, 2.24) is 20.3 Å². The third-order valence-electron chi connectivity index (χ3n) is 3.51. The molecule has 0 bridgehead atoms. The predicted octanol–water partition coefficient (Wildman–Crippen LogP) is 1.81. The van der Waals surface area contributed by atoms with Crippen LogP contribution in [0.25, 0.3) is 0 Å². The fourth-order valence-electron chi connectivity index (χ4n) is 2.33. The van der Waals surface area contributed by atoms with Crippen LogP contribution in [0, 0.1) is 0 Å². The molecule has 1 aromatic carbocycles. The minimum Gasteiger partial charge on any atom is -0.349 e. The number of aromatic nitrogens is 3. The van der Waals surface area contributed by atoms with E-state index in [9.17, 15) is 9.59 Å². The number of aromatic amines is 2. The first kappa shape index (κ1) is 14.8. The van der Waals surface area contributed by atoms with Gasteiger partial charge in [-0.05, 0) is 11.6 Å². The van der Waals surface area contributed by atoms with Crippen molar-refractivity contribution in [3.05, 3.63) is 88.4 Å². The number of imidazole rings is 1. The normalized spacial score (nSPS) is 11.8. The van der Waals surface area contributed by atoms with Crippen LogP contribution in [0.1, 0.15) is 27.8 Å². The third-order valence-corrected chi connectivity index (χ3v) is 3.51. The molecule has 0 saturated carbocycles. The maximum atomic E-state index is 12.4. The van der Waals surface area contributed by atoms with E-state index in [1.165, 1.54) is 18.3 Å². The number of carbonyl (C=O) groups is 1. The summed E-state index contributed by atoms with van der Waals surface area (Å²) in [6, 6.07) is 12.3. The number of nitrogens with zero attached hydrogens (tertiary/aromatic N) is 1. The van der Waals surface area contributed by atoms with E-state index in [0.717, 1.165) is 11.4 Å². The number of carbonyl (C=O) groups excluding carboxylic acids is 1. The smallest absolute Gasteiger partial charge is 0.253 e.